The Morgan fingerprint density at radius 1 is 1.64 bits per heavy atom. The second kappa shape index (κ2) is 4.62. The Kier molecular flexibility index (Phi) is 3.48. The predicted molar refractivity (Wildman–Crippen MR) is 52.4 cm³/mol. The number of phenolic OH excluding ortho intramolecular Hbond substituents is 1. The number of phenols is 1. The molecule has 0 aromatic heterocycles. The Morgan fingerprint density at radius 3 is 2.93 bits per heavy atom. The third-order valence-corrected chi connectivity index (χ3v) is 1.89. The number of carbonyl (C=O) groups excluding carboxylic acids is 1. The van der Waals surface area contributed by atoms with E-state index >= 15 is 0 Å². The highest BCUT2D eigenvalue weighted by Gasteiger charge is 2.06. The minimum Gasteiger partial charge on any atom is -0.504 e. The molecule has 76 valence electrons. The molecular weight excluding hydrogens is 182 g/mol. The number of hydrogen-bond donors (Lipinski definition) is 2. The Morgan fingerprint density at radius 2 is 2.36 bits per heavy atom. The van der Waals surface area contributed by atoms with Crippen molar-refractivity contribution in [2.24, 2.45) is 5.73 Å². The average Bonchev–Trinajstić information content (AvgIpc) is 2.20. The van der Waals surface area contributed by atoms with Gasteiger partial charge >= 0.3 is 0 Å². The molecule has 0 spiro atoms. The van der Waals surface area contributed by atoms with Crippen LogP contribution in [-0.4, -0.2) is 24.5 Å². The van der Waals surface area contributed by atoms with Gasteiger partial charge in [-0.15, -0.1) is 0 Å². The van der Waals surface area contributed by atoms with E-state index in [4.69, 9.17) is 10.5 Å². The Labute approximate surface area is 82.3 Å². The van der Waals surface area contributed by atoms with Crippen LogP contribution in [0, 0.1) is 0 Å². The first-order chi connectivity index (χ1) is 6.67. The van der Waals surface area contributed by atoms with Crippen molar-refractivity contribution in [3.05, 3.63) is 23.8 Å². The maximum Gasteiger partial charge on any atom is 0.160 e. The molecule has 1 aromatic rings. The number of nitrogens with two attached hydrogens (primary N) is 1. The quantitative estimate of drug-likeness (QED) is 0.685. The van der Waals surface area contributed by atoms with E-state index in [0.717, 1.165) is 5.56 Å². The monoisotopic (exact) mass is 195 g/mol. The van der Waals surface area contributed by atoms with Crippen LogP contribution >= 0.6 is 0 Å². The fraction of sp³-hybridized carbons (Fsp3) is 0.300. The zero-order valence-corrected chi connectivity index (χ0v) is 7.93. The van der Waals surface area contributed by atoms with Gasteiger partial charge in [-0.05, 0) is 24.1 Å². The van der Waals surface area contributed by atoms with E-state index in [9.17, 15) is 9.90 Å². The molecule has 0 unspecified atom stereocenters. The van der Waals surface area contributed by atoms with Gasteiger partial charge < -0.3 is 20.4 Å². The van der Waals surface area contributed by atoms with Crippen LogP contribution in [0.2, 0.25) is 0 Å². The van der Waals surface area contributed by atoms with Crippen molar-refractivity contribution in [3.8, 4) is 11.5 Å². The summed E-state index contributed by atoms with van der Waals surface area (Å²) in [4.78, 5) is 10.3. The molecule has 0 bridgehead atoms. The molecule has 0 heterocycles. The summed E-state index contributed by atoms with van der Waals surface area (Å²) in [6, 6.07) is 4.38. The first kappa shape index (κ1) is 10.5. The Balaban J connectivity index is 2.84. The Hall–Kier alpha value is -1.55. The van der Waals surface area contributed by atoms with E-state index < -0.39 is 6.04 Å². The van der Waals surface area contributed by atoms with Crippen LogP contribution < -0.4 is 10.5 Å². The lowest BCUT2D eigenvalue weighted by molar-refractivity contribution is -0.108. The van der Waals surface area contributed by atoms with Crippen molar-refractivity contribution in [1.29, 1.82) is 0 Å². The van der Waals surface area contributed by atoms with Crippen molar-refractivity contribution >= 4 is 6.29 Å². The minimum atomic E-state index is -0.510. The second-order valence-corrected chi connectivity index (χ2v) is 3.01. The zero-order chi connectivity index (χ0) is 10.6. The fourth-order valence-corrected chi connectivity index (χ4v) is 1.17. The normalized spacial score (nSPS) is 12.1. The van der Waals surface area contributed by atoms with E-state index in [1.165, 1.54) is 13.2 Å². The molecule has 0 amide bonds. The summed E-state index contributed by atoms with van der Waals surface area (Å²) in [7, 11) is 1.47. The SMILES string of the molecule is COc1cc(C[C@H](N)C=O)ccc1O. The molecule has 0 aliphatic heterocycles. The lowest BCUT2D eigenvalue weighted by atomic mass is 10.1. The van der Waals surface area contributed by atoms with Gasteiger partial charge in [0.25, 0.3) is 0 Å². The van der Waals surface area contributed by atoms with Crippen LogP contribution in [0.25, 0.3) is 0 Å². The Bertz CT molecular complexity index is 325. The molecule has 3 N–H and O–H groups in total. The number of aldehydes is 1. The van der Waals surface area contributed by atoms with Gasteiger partial charge in [0.05, 0.1) is 13.2 Å². The van der Waals surface area contributed by atoms with Crippen molar-refractivity contribution in [2.45, 2.75) is 12.5 Å². The molecule has 0 radical (unpaired) electrons. The van der Waals surface area contributed by atoms with Crippen LogP contribution in [0.15, 0.2) is 18.2 Å². The van der Waals surface area contributed by atoms with Crippen LogP contribution in [0.3, 0.4) is 0 Å². The summed E-state index contributed by atoms with van der Waals surface area (Å²) in [5, 5.41) is 9.30. The van der Waals surface area contributed by atoms with Crippen molar-refractivity contribution in [2.75, 3.05) is 7.11 Å². The van der Waals surface area contributed by atoms with Crippen LogP contribution in [0.1, 0.15) is 5.56 Å². The second-order valence-electron chi connectivity index (χ2n) is 3.01. The third-order valence-electron chi connectivity index (χ3n) is 1.89. The number of methoxy groups -OCH3 is 1. The largest absolute Gasteiger partial charge is 0.504 e. The highest BCUT2D eigenvalue weighted by molar-refractivity contribution is 5.58. The first-order valence-electron chi connectivity index (χ1n) is 4.24. The van der Waals surface area contributed by atoms with Crippen molar-refractivity contribution < 1.29 is 14.6 Å². The summed E-state index contributed by atoms with van der Waals surface area (Å²) in [6.07, 6.45) is 1.14. The lowest BCUT2D eigenvalue weighted by Gasteiger charge is -2.07. The van der Waals surface area contributed by atoms with Crippen LogP contribution in [-0.2, 0) is 11.2 Å². The molecule has 0 saturated heterocycles. The van der Waals surface area contributed by atoms with E-state index in [1.54, 1.807) is 12.1 Å². The van der Waals surface area contributed by atoms with Gasteiger partial charge in [0.15, 0.2) is 11.5 Å². The van der Waals surface area contributed by atoms with E-state index in [2.05, 4.69) is 0 Å². The minimum absolute atomic E-state index is 0.0796. The molecule has 0 aliphatic carbocycles. The van der Waals surface area contributed by atoms with E-state index in [-0.39, 0.29) is 5.75 Å². The number of rotatable bonds is 4. The van der Waals surface area contributed by atoms with Gasteiger partial charge in [-0.2, -0.15) is 0 Å². The molecular formula is C10H13NO3. The highest BCUT2D eigenvalue weighted by atomic mass is 16.5. The number of ether oxygens (including phenoxy) is 1. The van der Waals surface area contributed by atoms with Crippen LogP contribution in [0.5, 0.6) is 11.5 Å². The van der Waals surface area contributed by atoms with Gasteiger partial charge in [-0.1, -0.05) is 6.07 Å². The molecule has 4 heteroatoms. The molecule has 1 rings (SSSR count). The topological polar surface area (TPSA) is 72.5 Å². The zero-order valence-electron chi connectivity index (χ0n) is 7.93. The maximum absolute atomic E-state index is 10.3. The summed E-state index contributed by atoms with van der Waals surface area (Å²) in [6.45, 7) is 0. The molecule has 0 fully saturated rings. The standard InChI is InChI=1S/C10H13NO3/c1-14-10-5-7(2-3-9(10)13)4-8(11)6-12/h2-3,5-6,8,13H,4,11H2,1H3/t8-/m0/s1. The van der Waals surface area contributed by atoms with E-state index in [1.807, 2.05) is 0 Å². The maximum atomic E-state index is 10.3. The number of carbonyl (C=O) groups is 1. The van der Waals surface area contributed by atoms with Crippen LogP contribution in [0.4, 0.5) is 0 Å². The molecule has 1 aromatic carbocycles. The molecule has 14 heavy (non-hydrogen) atoms. The molecule has 1 atom stereocenters. The van der Waals surface area contributed by atoms with Crippen molar-refractivity contribution in [1.82, 2.24) is 0 Å². The number of aromatic hydroxyl groups is 1. The highest BCUT2D eigenvalue weighted by Crippen LogP contribution is 2.26. The fourth-order valence-electron chi connectivity index (χ4n) is 1.17. The average molecular weight is 195 g/mol. The van der Waals surface area contributed by atoms with Crippen molar-refractivity contribution in [3.63, 3.8) is 0 Å². The summed E-state index contributed by atoms with van der Waals surface area (Å²) >= 11 is 0. The third kappa shape index (κ3) is 2.47. The molecule has 4 nitrogen and oxygen atoms in total. The number of hydrogen-bond acceptors (Lipinski definition) is 4. The van der Waals surface area contributed by atoms with Gasteiger partial charge in [0, 0.05) is 0 Å². The molecule has 0 aliphatic rings. The first-order valence-corrected chi connectivity index (χ1v) is 4.24. The lowest BCUT2D eigenvalue weighted by Crippen LogP contribution is -2.23. The van der Waals surface area contributed by atoms with Gasteiger partial charge in [0.1, 0.15) is 6.29 Å². The van der Waals surface area contributed by atoms with E-state index in [0.29, 0.717) is 18.5 Å². The van der Waals surface area contributed by atoms with Gasteiger partial charge in [-0.3, -0.25) is 0 Å². The van der Waals surface area contributed by atoms with Gasteiger partial charge in [-0.25, -0.2) is 0 Å². The summed E-state index contributed by atoms with van der Waals surface area (Å²) in [5.74, 6) is 0.469. The smallest absolute Gasteiger partial charge is 0.160 e. The summed E-state index contributed by atoms with van der Waals surface area (Å²) in [5.41, 5.74) is 6.32. The summed E-state index contributed by atoms with van der Waals surface area (Å²) < 4.78 is 4.92. The number of benzene rings is 1. The predicted octanol–water partition coefficient (Wildman–Crippen LogP) is 0.469. The molecule has 0 saturated carbocycles. The van der Waals surface area contributed by atoms with Gasteiger partial charge in [0.2, 0.25) is 0 Å².